The molecule has 2 aromatic rings. The van der Waals surface area contributed by atoms with Crippen molar-refractivity contribution in [2.75, 3.05) is 13.2 Å². The fraction of sp³-hybridized carbons (Fsp3) is 0.500. The maximum Gasteiger partial charge on any atom is 0.364 e. The number of hydrogen-bond acceptors (Lipinski definition) is 4. The van der Waals surface area contributed by atoms with E-state index in [0.29, 0.717) is 18.8 Å². The molecule has 9 heteroatoms. The van der Waals surface area contributed by atoms with Gasteiger partial charge in [0.05, 0.1) is 6.10 Å². The highest BCUT2D eigenvalue weighted by Gasteiger charge is 2.32. The Morgan fingerprint density at radius 1 is 1.57 bits per heavy atom. The van der Waals surface area contributed by atoms with Gasteiger partial charge in [-0.2, -0.15) is 13.9 Å². The number of ether oxygens (including phenoxy) is 1. The number of rotatable bonds is 4. The number of hydrogen-bond donors (Lipinski definition) is 1. The van der Waals surface area contributed by atoms with E-state index in [1.807, 2.05) is 0 Å². The van der Waals surface area contributed by atoms with Crippen LogP contribution < -0.4 is 5.32 Å². The highest BCUT2D eigenvalue weighted by Crippen LogP contribution is 2.32. The van der Waals surface area contributed by atoms with Gasteiger partial charge in [-0.25, -0.2) is 9.50 Å². The quantitative estimate of drug-likeness (QED) is 0.864. The van der Waals surface area contributed by atoms with Crippen molar-refractivity contribution in [3.63, 3.8) is 0 Å². The van der Waals surface area contributed by atoms with Crippen LogP contribution in [0.15, 0.2) is 12.1 Å². The van der Waals surface area contributed by atoms with Crippen molar-refractivity contribution >= 4 is 23.2 Å². The van der Waals surface area contributed by atoms with Crippen LogP contribution in [-0.2, 0) is 10.1 Å². The van der Waals surface area contributed by atoms with Gasteiger partial charge >= 0.3 is 5.38 Å². The molecule has 0 aromatic carbocycles. The van der Waals surface area contributed by atoms with Crippen molar-refractivity contribution < 1.29 is 18.3 Å². The lowest BCUT2D eigenvalue weighted by molar-refractivity contribution is 0.0840. The molecule has 0 spiro atoms. The maximum atomic E-state index is 13.5. The zero-order valence-corrected chi connectivity index (χ0v) is 13.1. The summed E-state index contributed by atoms with van der Waals surface area (Å²) in [5, 5.41) is 2.98. The molecule has 6 nitrogen and oxygen atoms in total. The van der Waals surface area contributed by atoms with Crippen molar-refractivity contribution in [3.8, 4) is 0 Å². The first-order valence-electron chi connectivity index (χ1n) is 7.19. The number of carbonyl (C=O) groups excluding carboxylic acids is 1. The molecule has 0 bridgehead atoms. The SMILES string of the molecule is Cc1cc(C(F)(F)Cl)n2nc(C(=O)NCC3CCCO3)cc2n1. The summed E-state index contributed by atoms with van der Waals surface area (Å²) in [4.78, 5) is 16.2. The predicted molar refractivity (Wildman–Crippen MR) is 78.8 cm³/mol. The number of carbonyl (C=O) groups is 1. The van der Waals surface area contributed by atoms with Crippen molar-refractivity contribution in [3.05, 3.63) is 29.2 Å². The fourth-order valence-electron chi connectivity index (χ4n) is 2.52. The summed E-state index contributed by atoms with van der Waals surface area (Å²) in [7, 11) is 0. The molecule has 1 atom stereocenters. The fourth-order valence-corrected chi connectivity index (χ4v) is 2.65. The van der Waals surface area contributed by atoms with E-state index in [-0.39, 0.29) is 17.4 Å². The summed E-state index contributed by atoms with van der Waals surface area (Å²) in [6.07, 6.45) is 1.83. The first-order valence-corrected chi connectivity index (χ1v) is 7.57. The number of aromatic nitrogens is 3. The van der Waals surface area contributed by atoms with E-state index in [2.05, 4.69) is 15.4 Å². The minimum atomic E-state index is -3.61. The Hall–Kier alpha value is -1.80. The molecule has 23 heavy (non-hydrogen) atoms. The van der Waals surface area contributed by atoms with Gasteiger partial charge in [-0.1, -0.05) is 0 Å². The van der Waals surface area contributed by atoms with Crippen molar-refractivity contribution in [2.24, 2.45) is 0 Å². The highest BCUT2D eigenvalue weighted by molar-refractivity contribution is 6.21. The Labute approximate surface area is 135 Å². The van der Waals surface area contributed by atoms with E-state index in [4.69, 9.17) is 16.3 Å². The molecule has 0 radical (unpaired) electrons. The molecule has 1 unspecified atom stereocenters. The third-order valence-corrected chi connectivity index (χ3v) is 3.79. The van der Waals surface area contributed by atoms with E-state index in [0.717, 1.165) is 23.4 Å². The number of fused-ring (bicyclic) bond motifs is 1. The molecule has 0 aliphatic carbocycles. The largest absolute Gasteiger partial charge is 0.376 e. The van der Waals surface area contributed by atoms with Gasteiger partial charge in [-0.15, -0.1) is 0 Å². The number of nitrogens with zero attached hydrogens (tertiary/aromatic N) is 3. The van der Waals surface area contributed by atoms with E-state index in [9.17, 15) is 13.6 Å². The summed E-state index contributed by atoms with van der Waals surface area (Å²) < 4.78 is 33.3. The average molecular weight is 345 g/mol. The number of amides is 1. The second-order valence-corrected chi connectivity index (χ2v) is 5.90. The second-order valence-electron chi connectivity index (χ2n) is 5.43. The minimum Gasteiger partial charge on any atom is -0.376 e. The molecule has 1 aliphatic heterocycles. The van der Waals surface area contributed by atoms with Gasteiger partial charge in [0.1, 0.15) is 5.69 Å². The average Bonchev–Trinajstić information content (AvgIpc) is 3.11. The van der Waals surface area contributed by atoms with Crippen molar-refractivity contribution in [1.82, 2.24) is 19.9 Å². The Balaban J connectivity index is 1.85. The summed E-state index contributed by atoms with van der Waals surface area (Å²) in [5.74, 6) is -0.465. The van der Waals surface area contributed by atoms with Gasteiger partial charge in [-0.05, 0) is 37.4 Å². The summed E-state index contributed by atoms with van der Waals surface area (Å²) in [6, 6.07) is 2.49. The van der Waals surface area contributed by atoms with Crippen molar-refractivity contribution in [2.45, 2.75) is 31.3 Å². The number of nitrogens with one attached hydrogen (secondary N) is 1. The van der Waals surface area contributed by atoms with Crippen LogP contribution in [0.5, 0.6) is 0 Å². The highest BCUT2D eigenvalue weighted by atomic mass is 35.5. The zero-order valence-electron chi connectivity index (χ0n) is 12.4. The third kappa shape index (κ3) is 3.42. The molecule has 1 amide bonds. The molecular formula is C14H15ClF2N4O2. The predicted octanol–water partition coefficient (Wildman–Crippen LogP) is 2.23. The van der Waals surface area contributed by atoms with Crippen LogP contribution in [0.4, 0.5) is 8.78 Å². The Morgan fingerprint density at radius 3 is 3.00 bits per heavy atom. The van der Waals surface area contributed by atoms with Crippen LogP contribution in [0.2, 0.25) is 0 Å². The molecule has 1 N–H and O–H groups in total. The normalized spacial score (nSPS) is 18.5. The van der Waals surface area contributed by atoms with E-state index in [1.165, 1.54) is 6.07 Å². The molecule has 3 heterocycles. The first kappa shape index (κ1) is 16.1. The molecule has 1 aliphatic rings. The van der Waals surface area contributed by atoms with Crippen LogP contribution in [0, 0.1) is 6.92 Å². The maximum absolute atomic E-state index is 13.5. The summed E-state index contributed by atoms with van der Waals surface area (Å²) >= 11 is 5.11. The van der Waals surface area contributed by atoms with E-state index < -0.39 is 17.0 Å². The molecule has 1 fully saturated rings. The monoisotopic (exact) mass is 344 g/mol. The molecule has 2 aromatic heterocycles. The van der Waals surface area contributed by atoms with Gasteiger partial charge in [-0.3, -0.25) is 4.79 Å². The Kier molecular flexibility index (Phi) is 4.20. The van der Waals surface area contributed by atoms with Crippen LogP contribution >= 0.6 is 11.6 Å². The van der Waals surface area contributed by atoms with Crippen molar-refractivity contribution in [1.29, 1.82) is 0 Å². The molecule has 0 saturated carbocycles. The summed E-state index contributed by atoms with van der Waals surface area (Å²) in [6.45, 7) is 2.61. The van der Waals surface area contributed by atoms with Crippen LogP contribution in [0.3, 0.4) is 0 Å². The van der Waals surface area contributed by atoms with Gasteiger partial charge in [0.25, 0.3) is 5.91 Å². The second kappa shape index (κ2) is 6.01. The van der Waals surface area contributed by atoms with Gasteiger partial charge in [0, 0.05) is 24.9 Å². The standard InChI is InChI=1S/C14H15ClF2N4O2/c1-8-5-11(14(15,16)17)21-12(19-8)6-10(20-21)13(22)18-7-9-3-2-4-23-9/h5-6,9H,2-4,7H2,1H3,(H,18,22). The van der Waals surface area contributed by atoms with Gasteiger partial charge in [0.2, 0.25) is 0 Å². The molecular weight excluding hydrogens is 330 g/mol. The molecule has 124 valence electrons. The topological polar surface area (TPSA) is 68.5 Å². The van der Waals surface area contributed by atoms with Crippen LogP contribution in [0.1, 0.15) is 34.7 Å². The van der Waals surface area contributed by atoms with E-state index >= 15 is 0 Å². The van der Waals surface area contributed by atoms with Crippen LogP contribution in [-0.4, -0.2) is 39.8 Å². The molecule has 1 saturated heterocycles. The first-order chi connectivity index (χ1) is 10.8. The molecule has 3 rings (SSSR count). The lowest BCUT2D eigenvalue weighted by Gasteiger charge is -2.10. The zero-order chi connectivity index (χ0) is 16.6. The number of aryl methyl sites for hydroxylation is 1. The minimum absolute atomic E-state index is 0.00302. The van der Waals surface area contributed by atoms with Crippen LogP contribution in [0.25, 0.3) is 5.65 Å². The summed E-state index contributed by atoms with van der Waals surface area (Å²) in [5.41, 5.74) is -0.0234. The Bertz CT molecular complexity index is 738. The number of alkyl halides is 3. The van der Waals surface area contributed by atoms with E-state index in [1.54, 1.807) is 6.92 Å². The Morgan fingerprint density at radius 2 is 2.35 bits per heavy atom. The number of halogens is 3. The van der Waals surface area contributed by atoms with Gasteiger partial charge in [0.15, 0.2) is 11.3 Å². The smallest absolute Gasteiger partial charge is 0.364 e. The lowest BCUT2D eigenvalue weighted by atomic mass is 10.2. The lowest BCUT2D eigenvalue weighted by Crippen LogP contribution is -2.32. The van der Waals surface area contributed by atoms with Gasteiger partial charge < -0.3 is 10.1 Å². The third-order valence-electron chi connectivity index (χ3n) is 3.59.